The second-order valence-electron chi connectivity index (χ2n) is 4.23. The highest BCUT2D eigenvalue weighted by Gasteiger charge is 2.13. The van der Waals surface area contributed by atoms with Crippen LogP contribution >= 0.6 is 11.6 Å². The smallest absolute Gasteiger partial charge is 0.240 e. The number of halogens is 1. The van der Waals surface area contributed by atoms with Crippen LogP contribution in [0.4, 0.5) is 0 Å². The molecule has 106 valence electrons. The van der Waals surface area contributed by atoms with E-state index in [9.17, 15) is 8.42 Å². The van der Waals surface area contributed by atoms with Gasteiger partial charge in [-0.3, -0.25) is 4.98 Å². The van der Waals surface area contributed by atoms with Crippen molar-refractivity contribution in [1.82, 2.24) is 9.71 Å². The van der Waals surface area contributed by atoms with E-state index in [0.717, 1.165) is 12.0 Å². The van der Waals surface area contributed by atoms with Gasteiger partial charge in [-0.05, 0) is 36.2 Å². The van der Waals surface area contributed by atoms with Gasteiger partial charge in [0.15, 0.2) is 0 Å². The molecule has 1 N–H and O–H groups in total. The summed E-state index contributed by atoms with van der Waals surface area (Å²) < 4.78 is 26.7. The van der Waals surface area contributed by atoms with Crippen molar-refractivity contribution < 1.29 is 8.42 Å². The van der Waals surface area contributed by atoms with Crippen molar-refractivity contribution in [2.45, 2.75) is 17.9 Å². The van der Waals surface area contributed by atoms with Crippen LogP contribution in [-0.4, -0.2) is 19.3 Å². The zero-order chi connectivity index (χ0) is 14.4. The molecule has 0 aliphatic carbocycles. The van der Waals surface area contributed by atoms with Crippen molar-refractivity contribution in [3.05, 3.63) is 59.9 Å². The summed E-state index contributed by atoms with van der Waals surface area (Å²) in [5.41, 5.74) is 1.69. The molecule has 0 radical (unpaired) electrons. The molecule has 2 rings (SSSR count). The lowest BCUT2D eigenvalue weighted by Gasteiger charge is -2.07. The highest BCUT2D eigenvalue weighted by atomic mass is 35.5. The Morgan fingerprint density at radius 2 is 1.85 bits per heavy atom. The van der Waals surface area contributed by atoms with Gasteiger partial charge < -0.3 is 0 Å². The van der Waals surface area contributed by atoms with Gasteiger partial charge in [0.1, 0.15) is 0 Å². The summed E-state index contributed by atoms with van der Waals surface area (Å²) in [7, 11) is -3.51. The summed E-state index contributed by atoms with van der Waals surface area (Å²) in [5, 5.41) is 0. The molecule has 1 aromatic carbocycles. The van der Waals surface area contributed by atoms with E-state index in [4.69, 9.17) is 11.6 Å². The lowest BCUT2D eigenvalue weighted by molar-refractivity contribution is 0.580. The van der Waals surface area contributed by atoms with E-state index in [1.165, 1.54) is 0 Å². The number of aromatic nitrogens is 1. The second-order valence-corrected chi connectivity index (χ2v) is 6.37. The number of alkyl halides is 1. The Kier molecular flexibility index (Phi) is 5.11. The number of aryl methyl sites for hydroxylation is 1. The van der Waals surface area contributed by atoms with Gasteiger partial charge in [-0.1, -0.05) is 18.2 Å². The first-order valence-electron chi connectivity index (χ1n) is 6.16. The highest BCUT2D eigenvalue weighted by Crippen LogP contribution is 2.11. The van der Waals surface area contributed by atoms with Crippen LogP contribution < -0.4 is 4.72 Å². The summed E-state index contributed by atoms with van der Waals surface area (Å²) in [5.74, 6) is 0.518. The maximum atomic E-state index is 12.1. The molecule has 0 atom stereocenters. The Bertz CT molecular complexity index is 643. The van der Waals surface area contributed by atoms with Gasteiger partial charge in [-0.2, -0.15) is 0 Å². The van der Waals surface area contributed by atoms with Crippen molar-refractivity contribution in [3.63, 3.8) is 0 Å². The van der Waals surface area contributed by atoms with E-state index in [2.05, 4.69) is 9.71 Å². The predicted molar refractivity (Wildman–Crippen MR) is 79.1 cm³/mol. The van der Waals surface area contributed by atoms with Gasteiger partial charge in [-0.15, -0.1) is 11.6 Å². The van der Waals surface area contributed by atoms with Gasteiger partial charge in [0.2, 0.25) is 10.0 Å². The Balaban J connectivity index is 2.06. The van der Waals surface area contributed by atoms with E-state index in [-0.39, 0.29) is 11.4 Å². The third-order valence-electron chi connectivity index (χ3n) is 2.79. The minimum absolute atomic E-state index is 0.173. The standard InChI is InChI=1S/C14H15ClN2O2S/c15-9-8-12-4-6-14(7-5-12)20(18,19)17-11-13-3-1-2-10-16-13/h1-7,10,17H,8-9,11H2. The van der Waals surface area contributed by atoms with Crippen LogP contribution in [0.5, 0.6) is 0 Å². The van der Waals surface area contributed by atoms with Gasteiger partial charge in [-0.25, -0.2) is 13.1 Å². The predicted octanol–water partition coefficient (Wildman–Crippen LogP) is 2.34. The number of pyridine rings is 1. The fourth-order valence-electron chi connectivity index (χ4n) is 1.70. The number of sulfonamides is 1. The van der Waals surface area contributed by atoms with Crippen molar-refractivity contribution in [2.24, 2.45) is 0 Å². The first kappa shape index (κ1) is 15.0. The number of nitrogens with zero attached hydrogens (tertiary/aromatic N) is 1. The van der Waals surface area contributed by atoms with Crippen LogP contribution in [0.2, 0.25) is 0 Å². The van der Waals surface area contributed by atoms with Crippen LogP contribution in [0.1, 0.15) is 11.3 Å². The molecular weight excluding hydrogens is 296 g/mol. The van der Waals surface area contributed by atoms with Crippen LogP contribution in [0.15, 0.2) is 53.6 Å². The van der Waals surface area contributed by atoms with Gasteiger partial charge in [0, 0.05) is 12.1 Å². The normalized spacial score (nSPS) is 11.4. The molecule has 4 nitrogen and oxygen atoms in total. The first-order chi connectivity index (χ1) is 9.62. The molecular formula is C14H15ClN2O2S. The molecule has 0 unspecified atom stereocenters. The molecule has 0 saturated carbocycles. The van der Waals surface area contributed by atoms with Gasteiger partial charge >= 0.3 is 0 Å². The quantitative estimate of drug-likeness (QED) is 0.833. The van der Waals surface area contributed by atoms with Crippen LogP contribution in [0.3, 0.4) is 0 Å². The molecule has 20 heavy (non-hydrogen) atoms. The Hall–Kier alpha value is -1.43. The van der Waals surface area contributed by atoms with Crippen LogP contribution in [0.25, 0.3) is 0 Å². The molecule has 1 heterocycles. The fourth-order valence-corrected chi connectivity index (χ4v) is 2.92. The third kappa shape index (κ3) is 4.03. The largest absolute Gasteiger partial charge is 0.260 e. The second kappa shape index (κ2) is 6.83. The summed E-state index contributed by atoms with van der Waals surface area (Å²) in [6.07, 6.45) is 2.35. The number of rotatable bonds is 6. The SMILES string of the molecule is O=S(=O)(NCc1ccccn1)c1ccc(CCCl)cc1. The number of hydrogen-bond acceptors (Lipinski definition) is 3. The molecule has 0 aliphatic rings. The van der Waals surface area contributed by atoms with Crippen LogP contribution in [-0.2, 0) is 23.0 Å². The van der Waals surface area contributed by atoms with E-state index in [1.807, 2.05) is 6.07 Å². The first-order valence-corrected chi connectivity index (χ1v) is 8.18. The zero-order valence-corrected chi connectivity index (χ0v) is 12.4. The third-order valence-corrected chi connectivity index (χ3v) is 4.39. The van der Waals surface area contributed by atoms with E-state index < -0.39 is 10.0 Å². The maximum absolute atomic E-state index is 12.1. The Labute approximate surface area is 123 Å². The average molecular weight is 311 g/mol. The topological polar surface area (TPSA) is 59.1 Å². The molecule has 0 fully saturated rings. The van der Waals surface area contributed by atoms with Crippen LogP contribution in [0, 0.1) is 0 Å². The Morgan fingerprint density at radius 3 is 2.45 bits per heavy atom. The summed E-state index contributed by atoms with van der Waals surface area (Å²) in [6, 6.07) is 12.1. The van der Waals surface area contributed by atoms with Gasteiger partial charge in [0.25, 0.3) is 0 Å². The van der Waals surface area contributed by atoms with Crippen molar-refractivity contribution >= 4 is 21.6 Å². The number of benzene rings is 1. The van der Waals surface area contributed by atoms with E-state index >= 15 is 0 Å². The monoisotopic (exact) mass is 310 g/mol. The summed E-state index contributed by atoms with van der Waals surface area (Å²) in [4.78, 5) is 4.31. The summed E-state index contributed by atoms with van der Waals surface area (Å²) >= 11 is 5.65. The molecule has 0 saturated heterocycles. The molecule has 0 bridgehead atoms. The molecule has 2 aromatic rings. The molecule has 0 spiro atoms. The molecule has 6 heteroatoms. The maximum Gasteiger partial charge on any atom is 0.240 e. The zero-order valence-electron chi connectivity index (χ0n) is 10.8. The van der Waals surface area contributed by atoms with E-state index in [1.54, 1.807) is 42.6 Å². The molecule has 1 aromatic heterocycles. The minimum Gasteiger partial charge on any atom is -0.260 e. The summed E-state index contributed by atoms with van der Waals surface area (Å²) in [6.45, 7) is 0.173. The van der Waals surface area contributed by atoms with Crippen molar-refractivity contribution in [3.8, 4) is 0 Å². The number of nitrogens with one attached hydrogen (secondary N) is 1. The Morgan fingerprint density at radius 1 is 1.10 bits per heavy atom. The van der Waals surface area contributed by atoms with E-state index in [0.29, 0.717) is 11.6 Å². The minimum atomic E-state index is -3.51. The lowest BCUT2D eigenvalue weighted by atomic mass is 10.2. The fraction of sp³-hybridized carbons (Fsp3) is 0.214. The van der Waals surface area contributed by atoms with Gasteiger partial charge in [0.05, 0.1) is 17.1 Å². The molecule has 0 amide bonds. The lowest BCUT2D eigenvalue weighted by Crippen LogP contribution is -2.23. The molecule has 0 aliphatic heterocycles. The van der Waals surface area contributed by atoms with Crippen molar-refractivity contribution in [2.75, 3.05) is 5.88 Å². The number of hydrogen-bond donors (Lipinski definition) is 1. The highest BCUT2D eigenvalue weighted by molar-refractivity contribution is 7.89. The average Bonchev–Trinajstić information content (AvgIpc) is 2.47. The van der Waals surface area contributed by atoms with Crippen molar-refractivity contribution in [1.29, 1.82) is 0 Å².